The van der Waals surface area contributed by atoms with E-state index in [1.54, 1.807) is 0 Å². The lowest BCUT2D eigenvalue weighted by molar-refractivity contribution is -0.127. The molecule has 5 heteroatoms. The second-order valence-electron chi connectivity index (χ2n) is 4.16. The number of rotatable bonds is 2. The van der Waals surface area contributed by atoms with Crippen LogP contribution in [-0.4, -0.2) is 23.8 Å². The van der Waals surface area contributed by atoms with Crippen molar-refractivity contribution in [2.45, 2.75) is 32.8 Å². The summed E-state index contributed by atoms with van der Waals surface area (Å²) in [5.74, 6) is 0.372. The molecule has 1 amide bonds. The predicted molar refractivity (Wildman–Crippen MR) is 58.0 cm³/mol. The Morgan fingerprint density at radius 2 is 2.44 bits per heavy atom. The molecule has 1 aliphatic rings. The summed E-state index contributed by atoms with van der Waals surface area (Å²) < 4.78 is 10.2. The molecule has 5 nitrogen and oxygen atoms in total. The maximum Gasteiger partial charge on any atom is 0.231 e. The van der Waals surface area contributed by atoms with Gasteiger partial charge in [0.05, 0.1) is 12.0 Å². The Hall–Kier alpha value is -1.36. The molecule has 1 aliphatic heterocycles. The largest absolute Gasteiger partial charge is 0.378 e. The van der Waals surface area contributed by atoms with E-state index in [0.29, 0.717) is 5.82 Å². The monoisotopic (exact) mass is 224 g/mol. The van der Waals surface area contributed by atoms with Crippen molar-refractivity contribution < 1.29 is 14.1 Å². The summed E-state index contributed by atoms with van der Waals surface area (Å²) in [4.78, 5) is 12.0. The molecule has 2 rings (SSSR count). The van der Waals surface area contributed by atoms with Gasteiger partial charge in [-0.2, -0.15) is 0 Å². The number of nitrogens with one attached hydrogen (secondary N) is 1. The number of nitrogens with zero attached hydrogens (tertiary/aromatic N) is 1. The lowest BCUT2D eigenvalue weighted by atomic mass is 9.94. The molecule has 1 saturated heterocycles. The SMILES string of the molecule is Cc1conc1NC(=O)C1CCCOC1C. The van der Waals surface area contributed by atoms with Crippen LogP contribution in [-0.2, 0) is 9.53 Å². The van der Waals surface area contributed by atoms with E-state index in [0.717, 1.165) is 25.0 Å². The van der Waals surface area contributed by atoms with Gasteiger partial charge in [-0.25, -0.2) is 0 Å². The number of anilines is 1. The third-order valence-corrected chi connectivity index (χ3v) is 2.93. The number of carbonyl (C=O) groups is 1. The second kappa shape index (κ2) is 4.65. The van der Waals surface area contributed by atoms with Gasteiger partial charge in [0.2, 0.25) is 5.91 Å². The van der Waals surface area contributed by atoms with Crippen molar-refractivity contribution in [3.05, 3.63) is 11.8 Å². The Kier molecular flexibility index (Phi) is 3.24. The topological polar surface area (TPSA) is 64.4 Å². The zero-order chi connectivity index (χ0) is 11.5. The van der Waals surface area contributed by atoms with Crippen molar-refractivity contribution in [1.29, 1.82) is 0 Å². The summed E-state index contributed by atoms with van der Waals surface area (Å²) in [5, 5.41) is 6.49. The van der Waals surface area contributed by atoms with Gasteiger partial charge in [-0.05, 0) is 26.7 Å². The number of hydrogen-bond acceptors (Lipinski definition) is 4. The third-order valence-electron chi connectivity index (χ3n) is 2.93. The average Bonchev–Trinajstić information content (AvgIpc) is 2.65. The van der Waals surface area contributed by atoms with Crippen LogP contribution in [0.25, 0.3) is 0 Å². The van der Waals surface area contributed by atoms with Gasteiger partial charge in [0.25, 0.3) is 0 Å². The Labute approximate surface area is 94.1 Å². The highest BCUT2D eigenvalue weighted by molar-refractivity contribution is 5.92. The second-order valence-corrected chi connectivity index (χ2v) is 4.16. The molecule has 1 N–H and O–H groups in total. The summed E-state index contributed by atoms with van der Waals surface area (Å²) in [5.41, 5.74) is 0.831. The molecule has 0 radical (unpaired) electrons. The minimum atomic E-state index is -0.0927. The Balaban J connectivity index is 2.00. The molecule has 1 fully saturated rings. The lowest BCUT2D eigenvalue weighted by Crippen LogP contribution is -2.36. The van der Waals surface area contributed by atoms with Gasteiger partial charge in [0, 0.05) is 12.2 Å². The summed E-state index contributed by atoms with van der Waals surface area (Å²) in [6.07, 6.45) is 3.28. The molecule has 2 unspecified atom stereocenters. The zero-order valence-electron chi connectivity index (χ0n) is 9.53. The van der Waals surface area contributed by atoms with E-state index in [1.807, 2.05) is 13.8 Å². The number of ether oxygens (including phenoxy) is 1. The van der Waals surface area contributed by atoms with Crippen molar-refractivity contribution in [3.63, 3.8) is 0 Å². The number of hydrogen-bond donors (Lipinski definition) is 1. The number of aromatic nitrogens is 1. The quantitative estimate of drug-likeness (QED) is 0.831. The molecule has 1 aromatic heterocycles. The van der Waals surface area contributed by atoms with E-state index >= 15 is 0 Å². The van der Waals surface area contributed by atoms with Crippen LogP contribution < -0.4 is 5.32 Å². The van der Waals surface area contributed by atoms with Crippen LogP contribution >= 0.6 is 0 Å². The lowest BCUT2D eigenvalue weighted by Gasteiger charge is -2.27. The summed E-state index contributed by atoms with van der Waals surface area (Å²) in [6.45, 7) is 4.51. The fourth-order valence-electron chi connectivity index (χ4n) is 1.88. The standard InChI is InChI=1S/C11H16N2O3/c1-7-6-16-13-10(7)12-11(14)9-4-3-5-15-8(9)2/h6,8-9H,3-5H2,1-2H3,(H,12,13,14). The van der Waals surface area contributed by atoms with Crippen molar-refractivity contribution >= 4 is 11.7 Å². The van der Waals surface area contributed by atoms with Crippen LogP contribution in [0.3, 0.4) is 0 Å². The molecule has 1 aromatic rings. The third kappa shape index (κ3) is 2.24. The molecule has 2 atom stereocenters. The predicted octanol–water partition coefficient (Wildman–Crippen LogP) is 1.74. The summed E-state index contributed by atoms with van der Waals surface area (Å²) in [6, 6.07) is 0. The van der Waals surface area contributed by atoms with E-state index in [-0.39, 0.29) is 17.9 Å². The molecule has 0 spiro atoms. The molecular weight excluding hydrogens is 208 g/mol. The molecule has 88 valence electrons. The first-order valence-electron chi connectivity index (χ1n) is 5.52. The summed E-state index contributed by atoms with van der Waals surface area (Å²) >= 11 is 0. The maximum atomic E-state index is 12.0. The smallest absolute Gasteiger partial charge is 0.231 e. The first-order chi connectivity index (χ1) is 7.68. The normalized spacial score (nSPS) is 25.4. The van der Waals surface area contributed by atoms with Gasteiger partial charge in [-0.1, -0.05) is 5.16 Å². The molecule has 2 heterocycles. The van der Waals surface area contributed by atoms with Gasteiger partial charge in [0.15, 0.2) is 5.82 Å². The highest BCUT2D eigenvalue weighted by atomic mass is 16.5. The number of aryl methyl sites for hydroxylation is 1. The maximum absolute atomic E-state index is 12.0. The Bertz CT molecular complexity index is 375. The molecule has 0 aromatic carbocycles. The van der Waals surface area contributed by atoms with Gasteiger partial charge < -0.3 is 14.6 Å². The van der Waals surface area contributed by atoms with E-state index in [9.17, 15) is 4.79 Å². The van der Waals surface area contributed by atoms with E-state index in [1.165, 1.54) is 6.26 Å². The molecule has 0 bridgehead atoms. The fraction of sp³-hybridized carbons (Fsp3) is 0.636. The molecule has 0 saturated carbocycles. The molecular formula is C11H16N2O3. The van der Waals surface area contributed by atoms with Crippen molar-refractivity contribution in [1.82, 2.24) is 5.16 Å². The van der Waals surface area contributed by atoms with E-state index in [2.05, 4.69) is 10.5 Å². The first kappa shape index (κ1) is 11.1. The number of carbonyl (C=O) groups excluding carboxylic acids is 1. The van der Waals surface area contributed by atoms with Crippen molar-refractivity contribution in [3.8, 4) is 0 Å². The zero-order valence-corrected chi connectivity index (χ0v) is 9.53. The number of amides is 1. The van der Waals surface area contributed by atoms with Gasteiger partial charge >= 0.3 is 0 Å². The highest BCUT2D eigenvalue weighted by Gasteiger charge is 2.29. The average molecular weight is 224 g/mol. The minimum Gasteiger partial charge on any atom is -0.378 e. The molecule has 16 heavy (non-hydrogen) atoms. The van der Waals surface area contributed by atoms with Crippen molar-refractivity contribution in [2.75, 3.05) is 11.9 Å². The highest BCUT2D eigenvalue weighted by Crippen LogP contribution is 2.22. The van der Waals surface area contributed by atoms with Crippen LogP contribution in [0, 0.1) is 12.8 Å². The van der Waals surface area contributed by atoms with Crippen LogP contribution in [0.4, 0.5) is 5.82 Å². The van der Waals surface area contributed by atoms with Crippen molar-refractivity contribution in [2.24, 2.45) is 5.92 Å². The van der Waals surface area contributed by atoms with Gasteiger partial charge in [0.1, 0.15) is 6.26 Å². The Morgan fingerprint density at radius 1 is 1.62 bits per heavy atom. The Morgan fingerprint density at radius 3 is 3.06 bits per heavy atom. The minimum absolute atomic E-state index is 0.0269. The van der Waals surface area contributed by atoms with E-state index in [4.69, 9.17) is 9.26 Å². The van der Waals surface area contributed by atoms with Gasteiger partial charge in [-0.15, -0.1) is 0 Å². The van der Waals surface area contributed by atoms with Gasteiger partial charge in [-0.3, -0.25) is 4.79 Å². The van der Waals surface area contributed by atoms with Crippen LogP contribution in [0.15, 0.2) is 10.8 Å². The van der Waals surface area contributed by atoms with Crippen LogP contribution in [0.5, 0.6) is 0 Å². The fourth-order valence-corrected chi connectivity index (χ4v) is 1.88. The molecule has 0 aliphatic carbocycles. The van der Waals surface area contributed by atoms with E-state index < -0.39 is 0 Å². The van der Waals surface area contributed by atoms with Crippen LogP contribution in [0.1, 0.15) is 25.3 Å². The first-order valence-corrected chi connectivity index (χ1v) is 5.52. The summed E-state index contributed by atoms with van der Waals surface area (Å²) in [7, 11) is 0. The van der Waals surface area contributed by atoms with Crippen LogP contribution in [0.2, 0.25) is 0 Å².